The average molecular weight is 213 g/mol. The van der Waals surface area contributed by atoms with E-state index < -0.39 is 5.97 Å². The molecule has 1 aromatic heterocycles. The van der Waals surface area contributed by atoms with Crippen molar-refractivity contribution in [2.45, 2.75) is 12.3 Å². The van der Waals surface area contributed by atoms with Gasteiger partial charge >= 0.3 is 5.97 Å². The van der Waals surface area contributed by atoms with Gasteiger partial charge in [0.2, 0.25) is 0 Å². The van der Waals surface area contributed by atoms with Crippen LogP contribution in [0.15, 0.2) is 36.5 Å². The molecular formula is C13H11NO2. The van der Waals surface area contributed by atoms with Crippen molar-refractivity contribution in [2.75, 3.05) is 0 Å². The maximum absolute atomic E-state index is 10.9. The Morgan fingerprint density at radius 3 is 2.88 bits per heavy atom. The minimum absolute atomic E-state index is 0.149. The fraction of sp³-hybridized carbons (Fsp3) is 0.231. The number of carbonyl (C=O) groups is 1. The molecule has 0 amide bonds. The monoisotopic (exact) mass is 213 g/mol. The molecule has 1 aliphatic carbocycles. The number of para-hydroxylation sites is 1. The van der Waals surface area contributed by atoms with Crippen LogP contribution in [0.5, 0.6) is 0 Å². The first-order chi connectivity index (χ1) is 7.77. The Hall–Kier alpha value is -1.90. The van der Waals surface area contributed by atoms with Crippen LogP contribution >= 0.6 is 0 Å². The number of rotatable bonds is 2. The summed E-state index contributed by atoms with van der Waals surface area (Å²) in [5.41, 5.74) is 2.02. The zero-order chi connectivity index (χ0) is 11.1. The molecule has 0 aliphatic heterocycles. The van der Waals surface area contributed by atoms with E-state index in [0.29, 0.717) is 0 Å². The topological polar surface area (TPSA) is 50.2 Å². The van der Waals surface area contributed by atoms with E-state index in [0.717, 1.165) is 22.9 Å². The minimum Gasteiger partial charge on any atom is -0.481 e. The number of nitrogens with zero attached hydrogens (tertiary/aromatic N) is 1. The lowest BCUT2D eigenvalue weighted by molar-refractivity contribution is -0.138. The summed E-state index contributed by atoms with van der Waals surface area (Å²) in [6.07, 6.45) is 2.50. The van der Waals surface area contributed by atoms with Gasteiger partial charge in [-0.25, -0.2) is 0 Å². The molecule has 2 aromatic rings. The van der Waals surface area contributed by atoms with E-state index in [-0.39, 0.29) is 11.8 Å². The van der Waals surface area contributed by atoms with E-state index in [2.05, 4.69) is 4.98 Å². The van der Waals surface area contributed by atoms with E-state index in [4.69, 9.17) is 5.11 Å². The van der Waals surface area contributed by atoms with Crippen molar-refractivity contribution in [3.63, 3.8) is 0 Å². The van der Waals surface area contributed by atoms with Gasteiger partial charge in [0.05, 0.1) is 11.4 Å². The number of carboxylic acids is 1. The first-order valence-electron chi connectivity index (χ1n) is 5.34. The molecule has 1 saturated carbocycles. The van der Waals surface area contributed by atoms with Crippen molar-refractivity contribution in [1.82, 2.24) is 4.98 Å². The van der Waals surface area contributed by atoms with Crippen LogP contribution in [-0.2, 0) is 4.79 Å². The normalized spacial score (nSPS) is 23.2. The van der Waals surface area contributed by atoms with Crippen LogP contribution in [0.25, 0.3) is 10.9 Å². The van der Waals surface area contributed by atoms with Gasteiger partial charge in [0.25, 0.3) is 0 Å². The number of carboxylic acid groups (broad SMARTS) is 1. The number of fused-ring (bicyclic) bond motifs is 1. The maximum atomic E-state index is 10.9. The van der Waals surface area contributed by atoms with Gasteiger partial charge in [-0.1, -0.05) is 24.3 Å². The Balaban J connectivity index is 2.08. The second kappa shape index (κ2) is 3.30. The van der Waals surface area contributed by atoms with Crippen molar-refractivity contribution >= 4 is 16.9 Å². The largest absolute Gasteiger partial charge is 0.481 e. The number of aliphatic carboxylic acids is 1. The van der Waals surface area contributed by atoms with Crippen LogP contribution in [0.2, 0.25) is 0 Å². The summed E-state index contributed by atoms with van der Waals surface area (Å²) in [7, 11) is 0. The lowest BCUT2D eigenvalue weighted by Gasteiger charge is -2.03. The number of aromatic nitrogens is 1. The zero-order valence-corrected chi connectivity index (χ0v) is 8.63. The highest BCUT2D eigenvalue weighted by atomic mass is 16.4. The quantitative estimate of drug-likeness (QED) is 0.833. The van der Waals surface area contributed by atoms with Gasteiger partial charge in [-0.15, -0.1) is 0 Å². The predicted octanol–water partition coefficient (Wildman–Crippen LogP) is 2.42. The van der Waals surface area contributed by atoms with E-state index in [1.54, 1.807) is 6.20 Å². The van der Waals surface area contributed by atoms with Crippen molar-refractivity contribution in [3.8, 4) is 0 Å². The van der Waals surface area contributed by atoms with Gasteiger partial charge in [0.1, 0.15) is 0 Å². The number of pyridine rings is 1. The highest BCUT2D eigenvalue weighted by Crippen LogP contribution is 2.49. The molecule has 0 spiro atoms. The highest BCUT2D eigenvalue weighted by molar-refractivity contribution is 5.84. The summed E-state index contributed by atoms with van der Waals surface area (Å²) in [6, 6.07) is 9.86. The van der Waals surface area contributed by atoms with E-state index in [1.165, 1.54) is 0 Å². The highest BCUT2D eigenvalue weighted by Gasteiger charge is 2.44. The molecule has 3 heteroatoms. The smallest absolute Gasteiger partial charge is 0.307 e. The van der Waals surface area contributed by atoms with Crippen LogP contribution in [-0.4, -0.2) is 16.1 Å². The minimum atomic E-state index is -0.696. The summed E-state index contributed by atoms with van der Waals surface area (Å²) in [5, 5.41) is 10.0. The second-order valence-electron chi connectivity index (χ2n) is 4.21. The molecule has 80 valence electrons. The second-order valence-corrected chi connectivity index (χ2v) is 4.21. The first kappa shape index (κ1) is 9.33. The SMILES string of the molecule is O=C(O)C1CC1c1cccc2cccnc12. The van der Waals surface area contributed by atoms with Crippen LogP contribution < -0.4 is 0 Å². The Bertz CT molecular complexity index is 559. The molecule has 2 atom stereocenters. The molecule has 1 heterocycles. The molecule has 0 saturated heterocycles. The first-order valence-corrected chi connectivity index (χ1v) is 5.34. The fourth-order valence-corrected chi connectivity index (χ4v) is 2.24. The zero-order valence-electron chi connectivity index (χ0n) is 8.63. The van der Waals surface area contributed by atoms with Gasteiger partial charge in [-0.2, -0.15) is 0 Å². The average Bonchev–Trinajstić information content (AvgIpc) is 3.08. The third-order valence-electron chi connectivity index (χ3n) is 3.17. The summed E-state index contributed by atoms with van der Waals surface area (Å²) < 4.78 is 0. The molecule has 3 nitrogen and oxygen atoms in total. The Labute approximate surface area is 92.7 Å². The van der Waals surface area contributed by atoms with Crippen molar-refractivity contribution < 1.29 is 9.90 Å². The van der Waals surface area contributed by atoms with E-state index in [9.17, 15) is 4.79 Å². The number of benzene rings is 1. The number of hydrogen-bond acceptors (Lipinski definition) is 2. The summed E-state index contributed by atoms with van der Waals surface area (Å²) in [6.45, 7) is 0. The van der Waals surface area contributed by atoms with E-state index in [1.807, 2.05) is 30.3 Å². The maximum Gasteiger partial charge on any atom is 0.307 e. The lowest BCUT2D eigenvalue weighted by Crippen LogP contribution is -1.99. The summed E-state index contributed by atoms with van der Waals surface area (Å²) >= 11 is 0. The van der Waals surface area contributed by atoms with Crippen LogP contribution in [0.4, 0.5) is 0 Å². The lowest BCUT2D eigenvalue weighted by atomic mass is 10.0. The van der Waals surface area contributed by atoms with Gasteiger partial charge in [-0.05, 0) is 18.1 Å². The van der Waals surface area contributed by atoms with Crippen molar-refractivity contribution in [1.29, 1.82) is 0 Å². The molecule has 3 rings (SSSR count). The standard InChI is InChI=1S/C13H11NO2/c15-13(16)11-7-10(11)9-5-1-3-8-4-2-6-14-12(8)9/h1-6,10-11H,7H2,(H,15,16). The Morgan fingerprint density at radius 2 is 2.12 bits per heavy atom. The van der Waals surface area contributed by atoms with Gasteiger partial charge in [0.15, 0.2) is 0 Å². The van der Waals surface area contributed by atoms with Gasteiger partial charge in [0, 0.05) is 17.5 Å². The van der Waals surface area contributed by atoms with Gasteiger partial charge < -0.3 is 5.11 Å². The molecule has 0 radical (unpaired) electrons. The van der Waals surface area contributed by atoms with Crippen LogP contribution in [0, 0.1) is 5.92 Å². The van der Waals surface area contributed by atoms with E-state index >= 15 is 0 Å². The molecule has 16 heavy (non-hydrogen) atoms. The van der Waals surface area contributed by atoms with Gasteiger partial charge in [-0.3, -0.25) is 9.78 Å². The predicted molar refractivity (Wildman–Crippen MR) is 60.2 cm³/mol. The summed E-state index contributed by atoms with van der Waals surface area (Å²) in [4.78, 5) is 15.2. The van der Waals surface area contributed by atoms with Crippen LogP contribution in [0.3, 0.4) is 0 Å². The molecular weight excluding hydrogens is 202 g/mol. The molecule has 1 aliphatic rings. The molecule has 2 unspecified atom stereocenters. The van der Waals surface area contributed by atoms with Crippen molar-refractivity contribution in [2.24, 2.45) is 5.92 Å². The Kier molecular flexibility index (Phi) is 1.93. The van der Waals surface area contributed by atoms with Crippen LogP contribution in [0.1, 0.15) is 17.9 Å². The Morgan fingerprint density at radius 1 is 1.31 bits per heavy atom. The molecule has 1 aromatic carbocycles. The summed E-state index contributed by atoms with van der Waals surface area (Å²) in [5.74, 6) is -0.762. The number of hydrogen-bond donors (Lipinski definition) is 1. The molecule has 1 N–H and O–H groups in total. The fourth-order valence-electron chi connectivity index (χ4n) is 2.24. The third-order valence-corrected chi connectivity index (χ3v) is 3.17. The third kappa shape index (κ3) is 1.36. The molecule has 1 fully saturated rings. The molecule has 0 bridgehead atoms. The van der Waals surface area contributed by atoms with Crippen molar-refractivity contribution in [3.05, 3.63) is 42.1 Å².